The van der Waals surface area contributed by atoms with E-state index in [1.165, 1.54) is 11.1 Å². The van der Waals surface area contributed by atoms with Crippen molar-refractivity contribution in [2.24, 2.45) is 5.41 Å². The molecule has 2 unspecified atom stereocenters. The zero-order chi connectivity index (χ0) is 28.8. The van der Waals surface area contributed by atoms with Crippen LogP contribution in [0.25, 0.3) is 0 Å². The molecule has 2 fully saturated rings. The Morgan fingerprint density at radius 1 is 1.02 bits per heavy atom. The van der Waals surface area contributed by atoms with Gasteiger partial charge < -0.3 is 20.0 Å². The van der Waals surface area contributed by atoms with Gasteiger partial charge in [0.05, 0.1) is 5.25 Å². The number of nitrogens with one attached hydrogen (secondary N) is 1. The number of carbonyl (C=O) groups excluding carboxylic acids is 3. The molecule has 1 N–H and O–H groups in total. The number of thioether (sulfide) groups is 1. The first-order valence-corrected chi connectivity index (χ1v) is 16.0. The van der Waals surface area contributed by atoms with Gasteiger partial charge in [-0.1, -0.05) is 63.2 Å². The van der Waals surface area contributed by atoms with Gasteiger partial charge in [0.1, 0.15) is 4.87 Å². The largest absolute Gasteiger partial charge is 0.342 e. The van der Waals surface area contributed by atoms with Gasteiger partial charge in [0.15, 0.2) is 0 Å². The number of anilines is 1. The predicted molar refractivity (Wildman–Crippen MR) is 163 cm³/mol. The first-order valence-electron chi connectivity index (χ1n) is 15.2. The maximum Gasteiger partial charge on any atom is 0.322 e. The third-order valence-corrected chi connectivity index (χ3v) is 11.0. The molecule has 2 atom stereocenters. The smallest absolute Gasteiger partial charge is 0.322 e. The lowest BCUT2D eigenvalue weighted by Gasteiger charge is -2.43. The molecule has 6 rings (SSSR count). The molecule has 1 aliphatic carbocycles. The van der Waals surface area contributed by atoms with Gasteiger partial charge in [0.2, 0.25) is 11.8 Å². The topological polar surface area (TPSA) is 73.0 Å². The summed E-state index contributed by atoms with van der Waals surface area (Å²) in [5.41, 5.74) is 4.71. The van der Waals surface area contributed by atoms with Crippen molar-refractivity contribution in [3.05, 3.63) is 65.2 Å². The summed E-state index contributed by atoms with van der Waals surface area (Å²) in [6.07, 6.45) is 5.69. The van der Waals surface area contributed by atoms with Crippen molar-refractivity contribution >= 4 is 35.3 Å². The van der Waals surface area contributed by atoms with E-state index in [2.05, 4.69) is 61.3 Å². The number of piperidine rings is 1. The first kappa shape index (κ1) is 28.1. The van der Waals surface area contributed by atoms with Gasteiger partial charge in [0, 0.05) is 44.3 Å². The van der Waals surface area contributed by atoms with Crippen LogP contribution in [0.3, 0.4) is 0 Å². The second-order valence-corrected chi connectivity index (χ2v) is 14.7. The maximum absolute atomic E-state index is 14.0. The quantitative estimate of drug-likeness (QED) is 0.477. The standard InChI is InChI=1S/C33H42N4O3S/c1-32(2,3)17-20-37-30(39)28(41-33(37)16-8-11-23-9-4-6-12-26(23)33)21-29(38)35-18-14-25(15-19-35)36-22-24-10-5-7-13-27(24)34-31(36)40/h4-7,9-10,12-13,25,28H,8,11,14-22H2,1-3H3,(H,34,40). The van der Waals surface area contributed by atoms with Crippen LogP contribution in [0.5, 0.6) is 0 Å². The van der Waals surface area contributed by atoms with Crippen molar-refractivity contribution in [1.82, 2.24) is 14.7 Å². The molecule has 1 spiro atoms. The maximum atomic E-state index is 14.0. The Labute approximate surface area is 248 Å². The average Bonchev–Trinajstić information content (AvgIpc) is 3.21. The summed E-state index contributed by atoms with van der Waals surface area (Å²) in [6.45, 7) is 9.20. The number of carbonyl (C=O) groups is 3. The number of likely N-dealkylation sites (tertiary alicyclic amines) is 1. The Hall–Kier alpha value is -3.00. The van der Waals surface area contributed by atoms with Gasteiger partial charge in [-0.25, -0.2) is 4.79 Å². The van der Waals surface area contributed by atoms with Gasteiger partial charge in [0.25, 0.3) is 0 Å². The molecular formula is C33H42N4O3S. The number of hydrogen-bond donors (Lipinski definition) is 1. The zero-order valence-electron chi connectivity index (χ0n) is 24.5. The van der Waals surface area contributed by atoms with Crippen molar-refractivity contribution in [1.29, 1.82) is 0 Å². The van der Waals surface area contributed by atoms with Gasteiger partial charge in [-0.3, -0.25) is 9.59 Å². The van der Waals surface area contributed by atoms with Crippen molar-refractivity contribution in [3.63, 3.8) is 0 Å². The van der Waals surface area contributed by atoms with E-state index in [1.54, 1.807) is 11.8 Å². The third kappa shape index (κ3) is 5.47. The number of urea groups is 1. The molecule has 2 aromatic rings. The highest BCUT2D eigenvalue weighted by atomic mass is 32.2. The number of aryl methyl sites for hydroxylation is 1. The Bertz CT molecular complexity index is 1330. The number of para-hydroxylation sites is 1. The summed E-state index contributed by atoms with van der Waals surface area (Å²) in [4.78, 5) is 46.0. The second kappa shape index (κ2) is 11.0. The minimum Gasteiger partial charge on any atom is -0.342 e. The first-order chi connectivity index (χ1) is 19.6. The van der Waals surface area contributed by atoms with Crippen molar-refractivity contribution < 1.29 is 14.4 Å². The van der Waals surface area contributed by atoms with E-state index in [0.29, 0.717) is 26.2 Å². The summed E-state index contributed by atoms with van der Waals surface area (Å²) in [5, 5.41) is 2.65. The molecule has 3 aliphatic heterocycles. The van der Waals surface area contributed by atoms with E-state index in [0.717, 1.165) is 49.8 Å². The van der Waals surface area contributed by atoms with Crippen LogP contribution in [0.1, 0.15) is 76.0 Å². The lowest BCUT2D eigenvalue weighted by atomic mass is 9.85. The Kier molecular flexibility index (Phi) is 7.55. The number of hydrogen-bond acceptors (Lipinski definition) is 4. The summed E-state index contributed by atoms with van der Waals surface area (Å²) >= 11 is 1.72. The van der Waals surface area contributed by atoms with E-state index in [9.17, 15) is 14.4 Å². The van der Waals surface area contributed by atoms with E-state index in [1.807, 2.05) is 28.0 Å². The number of rotatable bonds is 5. The molecule has 4 amide bonds. The number of benzene rings is 2. The summed E-state index contributed by atoms with van der Waals surface area (Å²) in [5.74, 6) is 0.169. The van der Waals surface area contributed by atoms with Crippen LogP contribution < -0.4 is 5.32 Å². The molecule has 0 radical (unpaired) electrons. The molecule has 2 aromatic carbocycles. The third-order valence-electron chi connectivity index (χ3n) is 9.28. The van der Waals surface area contributed by atoms with E-state index >= 15 is 0 Å². The second-order valence-electron chi connectivity index (χ2n) is 13.2. The molecule has 7 nitrogen and oxygen atoms in total. The minimum atomic E-state index is -0.382. The highest BCUT2D eigenvalue weighted by molar-refractivity contribution is 8.02. The van der Waals surface area contributed by atoms with Gasteiger partial charge >= 0.3 is 6.03 Å². The van der Waals surface area contributed by atoms with Crippen LogP contribution in [-0.2, 0) is 27.4 Å². The van der Waals surface area contributed by atoms with Crippen molar-refractivity contribution in [2.45, 2.75) is 88.4 Å². The monoisotopic (exact) mass is 574 g/mol. The minimum absolute atomic E-state index is 0.0552. The van der Waals surface area contributed by atoms with E-state index < -0.39 is 0 Å². The Morgan fingerprint density at radius 3 is 2.49 bits per heavy atom. The summed E-state index contributed by atoms with van der Waals surface area (Å²) in [7, 11) is 0. The zero-order valence-corrected chi connectivity index (χ0v) is 25.3. The van der Waals surface area contributed by atoms with Crippen LogP contribution in [0, 0.1) is 5.41 Å². The Balaban J connectivity index is 1.13. The number of nitrogens with zero attached hydrogens (tertiary/aromatic N) is 3. The van der Waals surface area contributed by atoms with Crippen LogP contribution in [-0.4, -0.2) is 63.5 Å². The highest BCUT2D eigenvalue weighted by Gasteiger charge is 2.54. The van der Waals surface area contributed by atoms with E-state index in [4.69, 9.17) is 0 Å². The molecular weight excluding hydrogens is 532 g/mol. The fourth-order valence-corrected chi connectivity index (χ4v) is 8.80. The molecule has 0 saturated carbocycles. The van der Waals surface area contributed by atoms with Crippen LogP contribution in [0.15, 0.2) is 48.5 Å². The normalized spacial score (nSPS) is 24.9. The Morgan fingerprint density at radius 2 is 1.73 bits per heavy atom. The fraction of sp³-hybridized carbons (Fsp3) is 0.545. The van der Waals surface area contributed by atoms with E-state index in [-0.39, 0.29) is 45.8 Å². The SMILES string of the molecule is CC(C)(C)CCN1C(=O)C(CC(=O)N2CCC(N3Cc4ccccc4NC3=O)CC2)SC12CCCc1ccccc12. The molecule has 218 valence electrons. The van der Waals surface area contributed by atoms with Crippen LogP contribution >= 0.6 is 11.8 Å². The van der Waals surface area contributed by atoms with Crippen LogP contribution in [0.2, 0.25) is 0 Å². The molecule has 4 aliphatic rings. The lowest BCUT2D eigenvalue weighted by Crippen LogP contribution is -2.51. The summed E-state index contributed by atoms with van der Waals surface area (Å²) in [6, 6.07) is 16.5. The number of fused-ring (bicyclic) bond motifs is 3. The predicted octanol–water partition coefficient (Wildman–Crippen LogP) is 5.98. The van der Waals surface area contributed by atoms with Gasteiger partial charge in [-0.2, -0.15) is 0 Å². The fourth-order valence-electron chi connectivity index (χ4n) is 6.98. The van der Waals surface area contributed by atoms with Crippen molar-refractivity contribution in [3.8, 4) is 0 Å². The van der Waals surface area contributed by atoms with Gasteiger partial charge in [-0.05, 0) is 66.7 Å². The summed E-state index contributed by atoms with van der Waals surface area (Å²) < 4.78 is 0. The molecule has 8 heteroatoms. The average molecular weight is 575 g/mol. The van der Waals surface area contributed by atoms with Gasteiger partial charge in [-0.15, -0.1) is 11.8 Å². The molecule has 41 heavy (non-hydrogen) atoms. The number of amides is 4. The molecule has 2 saturated heterocycles. The molecule has 3 heterocycles. The lowest BCUT2D eigenvalue weighted by molar-refractivity contribution is -0.138. The van der Waals surface area contributed by atoms with Crippen molar-refractivity contribution in [2.75, 3.05) is 25.0 Å². The molecule has 0 aromatic heterocycles. The molecule has 0 bridgehead atoms. The highest BCUT2D eigenvalue weighted by Crippen LogP contribution is 2.56. The van der Waals surface area contributed by atoms with Crippen LogP contribution in [0.4, 0.5) is 10.5 Å².